The van der Waals surface area contributed by atoms with E-state index in [1.165, 1.54) is 37.4 Å². The molecule has 4 nitrogen and oxygen atoms in total. The van der Waals surface area contributed by atoms with E-state index in [1.807, 2.05) is 0 Å². The average Bonchev–Trinajstić information content (AvgIpc) is 2.49. The van der Waals surface area contributed by atoms with E-state index in [1.54, 1.807) is 0 Å². The predicted molar refractivity (Wildman–Crippen MR) is 88.8 cm³/mol. The first-order chi connectivity index (χ1) is 9.83. The molecule has 0 spiro atoms. The Balaban J connectivity index is 1.54. The van der Waals surface area contributed by atoms with Crippen LogP contribution in [0.5, 0.6) is 0 Å². The number of nitrogens with zero attached hydrogens (tertiary/aromatic N) is 2. The van der Waals surface area contributed by atoms with Gasteiger partial charge in [0, 0.05) is 50.3 Å². The standard InChI is InChI=1S/C15H23BrN4/c16-13-2-3-14-15(12-13)20(11-6-18-14)8-1-7-19-9-4-17-5-10-19/h2-3,12,17-18H,1,4-11H2. The summed E-state index contributed by atoms with van der Waals surface area (Å²) in [4.78, 5) is 5.08. The van der Waals surface area contributed by atoms with Gasteiger partial charge in [0.2, 0.25) is 0 Å². The first-order valence-corrected chi connectivity index (χ1v) is 8.34. The van der Waals surface area contributed by atoms with Crippen molar-refractivity contribution in [3.8, 4) is 0 Å². The van der Waals surface area contributed by atoms with Gasteiger partial charge in [-0.25, -0.2) is 0 Å². The molecule has 5 heteroatoms. The van der Waals surface area contributed by atoms with Crippen molar-refractivity contribution < 1.29 is 0 Å². The summed E-state index contributed by atoms with van der Waals surface area (Å²) >= 11 is 3.58. The highest BCUT2D eigenvalue weighted by molar-refractivity contribution is 9.10. The van der Waals surface area contributed by atoms with Crippen LogP contribution in [0, 0.1) is 0 Å². The third-order valence-corrected chi connectivity index (χ3v) is 4.60. The van der Waals surface area contributed by atoms with E-state index in [2.05, 4.69) is 54.6 Å². The minimum Gasteiger partial charge on any atom is -0.382 e. The zero-order valence-electron chi connectivity index (χ0n) is 11.9. The van der Waals surface area contributed by atoms with Gasteiger partial charge < -0.3 is 20.4 Å². The van der Waals surface area contributed by atoms with Gasteiger partial charge in [-0.2, -0.15) is 0 Å². The monoisotopic (exact) mass is 338 g/mol. The zero-order valence-corrected chi connectivity index (χ0v) is 13.5. The first-order valence-electron chi connectivity index (χ1n) is 7.54. The number of halogens is 1. The van der Waals surface area contributed by atoms with Crippen LogP contribution in [-0.4, -0.2) is 57.3 Å². The van der Waals surface area contributed by atoms with Gasteiger partial charge in [0.25, 0.3) is 0 Å². The van der Waals surface area contributed by atoms with Gasteiger partial charge in [-0.3, -0.25) is 0 Å². The maximum Gasteiger partial charge on any atom is 0.0613 e. The molecule has 1 fully saturated rings. The molecule has 0 amide bonds. The van der Waals surface area contributed by atoms with E-state index < -0.39 is 0 Å². The molecule has 1 saturated heterocycles. The van der Waals surface area contributed by atoms with Crippen molar-refractivity contribution in [3.63, 3.8) is 0 Å². The molecule has 3 rings (SSSR count). The molecule has 0 saturated carbocycles. The summed E-state index contributed by atoms with van der Waals surface area (Å²) in [5.74, 6) is 0. The smallest absolute Gasteiger partial charge is 0.0613 e. The lowest BCUT2D eigenvalue weighted by atomic mass is 10.2. The Morgan fingerprint density at radius 1 is 1.05 bits per heavy atom. The van der Waals surface area contributed by atoms with Crippen LogP contribution in [0.3, 0.4) is 0 Å². The molecule has 0 bridgehead atoms. The molecule has 2 heterocycles. The molecule has 20 heavy (non-hydrogen) atoms. The van der Waals surface area contributed by atoms with Crippen LogP contribution in [0.2, 0.25) is 0 Å². The normalized spacial score (nSPS) is 19.6. The van der Waals surface area contributed by atoms with Crippen molar-refractivity contribution in [2.75, 3.05) is 62.6 Å². The number of piperazine rings is 1. The predicted octanol–water partition coefficient (Wildman–Crippen LogP) is 1.98. The number of fused-ring (bicyclic) bond motifs is 1. The number of benzene rings is 1. The highest BCUT2D eigenvalue weighted by Crippen LogP contribution is 2.31. The van der Waals surface area contributed by atoms with E-state index in [-0.39, 0.29) is 0 Å². The van der Waals surface area contributed by atoms with Crippen molar-refractivity contribution in [2.45, 2.75) is 6.42 Å². The second-order valence-corrected chi connectivity index (χ2v) is 6.44. The van der Waals surface area contributed by atoms with Crippen LogP contribution in [0.15, 0.2) is 22.7 Å². The Morgan fingerprint density at radius 3 is 2.75 bits per heavy atom. The van der Waals surface area contributed by atoms with Crippen LogP contribution in [0.4, 0.5) is 11.4 Å². The van der Waals surface area contributed by atoms with Crippen molar-refractivity contribution in [2.24, 2.45) is 0 Å². The summed E-state index contributed by atoms with van der Waals surface area (Å²) in [6.45, 7) is 9.19. The van der Waals surface area contributed by atoms with E-state index in [0.717, 1.165) is 37.2 Å². The van der Waals surface area contributed by atoms with Crippen LogP contribution < -0.4 is 15.5 Å². The summed E-state index contributed by atoms with van der Waals surface area (Å²) in [7, 11) is 0. The summed E-state index contributed by atoms with van der Waals surface area (Å²) in [6, 6.07) is 6.50. The van der Waals surface area contributed by atoms with Gasteiger partial charge in [-0.05, 0) is 31.2 Å². The maximum absolute atomic E-state index is 3.58. The van der Waals surface area contributed by atoms with E-state index in [0.29, 0.717) is 0 Å². The Labute approximate surface area is 129 Å². The van der Waals surface area contributed by atoms with Gasteiger partial charge >= 0.3 is 0 Å². The van der Waals surface area contributed by atoms with E-state index >= 15 is 0 Å². The molecule has 0 atom stereocenters. The second kappa shape index (κ2) is 6.78. The van der Waals surface area contributed by atoms with Crippen LogP contribution in [0.25, 0.3) is 0 Å². The summed E-state index contributed by atoms with van der Waals surface area (Å²) in [5.41, 5.74) is 2.60. The van der Waals surface area contributed by atoms with Crippen LogP contribution in [-0.2, 0) is 0 Å². The highest BCUT2D eigenvalue weighted by atomic mass is 79.9. The van der Waals surface area contributed by atoms with Crippen LogP contribution in [0.1, 0.15) is 6.42 Å². The third-order valence-electron chi connectivity index (χ3n) is 4.11. The average molecular weight is 339 g/mol. The summed E-state index contributed by atoms with van der Waals surface area (Å²) in [6.07, 6.45) is 1.24. The molecule has 0 aliphatic carbocycles. The molecule has 0 aromatic heterocycles. The fourth-order valence-electron chi connectivity index (χ4n) is 3.01. The van der Waals surface area contributed by atoms with Gasteiger partial charge in [0.15, 0.2) is 0 Å². The minimum atomic E-state index is 1.04. The Bertz CT molecular complexity index is 445. The van der Waals surface area contributed by atoms with Gasteiger partial charge in [-0.15, -0.1) is 0 Å². The molecule has 1 aromatic rings. The Morgan fingerprint density at radius 2 is 1.90 bits per heavy atom. The second-order valence-electron chi connectivity index (χ2n) is 5.52. The van der Waals surface area contributed by atoms with Gasteiger partial charge in [0.05, 0.1) is 11.4 Å². The van der Waals surface area contributed by atoms with Gasteiger partial charge in [-0.1, -0.05) is 15.9 Å². The first kappa shape index (κ1) is 14.2. The number of rotatable bonds is 4. The molecule has 2 N–H and O–H groups in total. The lowest BCUT2D eigenvalue weighted by Gasteiger charge is -2.33. The highest BCUT2D eigenvalue weighted by Gasteiger charge is 2.17. The fraction of sp³-hybridized carbons (Fsp3) is 0.600. The number of anilines is 2. The van der Waals surface area contributed by atoms with Crippen LogP contribution >= 0.6 is 15.9 Å². The van der Waals surface area contributed by atoms with Crippen molar-refractivity contribution in [1.82, 2.24) is 10.2 Å². The molecule has 1 aromatic carbocycles. The summed E-state index contributed by atoms with van der Waals surface area (Å²) < 4.78 is 1.16. The number of hydrogen-bond donors (Lipinski definition) is 2. The quantitative estimate of drug-likeness (QED) is 0.878. The molecule has 2 aliphatic heterocycles. The minimum absolute atomic E-state index is 1.04. The van der Waals surface area contributed by atoms with E-state index in [4.69, 9.17) is 0 Å². The fourth-order valence-corrected chi connectivity index (χ4v) is 3.36. The van der Waals surface area contributed by atoms with Gasteiger partial charge in [0.1, 0.15) is 0 Å². The molecule has 2 aliphatic rings. The zero-order chi connectivity index (χ0) is 13.8. The Kier molecular flexibility index (Phi) is 4.81. The number of nitrogens with one attached hydrogen (secondary N) is 2. The topological polar surface area (TPSA) is 30.5 Å². The van der Waals surface area contributed by atoms with Crippen molar-refractivity contribution in [3.05, 3.63) is 22.7 Å². The summed E-state index contributed by atoms with van der Waals surface area (Å²) in [5, 5.41) is 6.89. The molecule has 110 valence electrons. The largest absolute Gasteiger partial charge is 0.382 e. The molecular weight excluding hydrogens is 316 g/mol. The lowest BCUT2D eigenvalue weighted by Crippen LogP contribution is -2.44. The maximum atomic E-state index is 3.58. The molecule has 0 radical (unpaired) electrons. The number of hydrogen-bond acceptors (Lipinski definition) is 4. The van der Waals surface area contributed by atoms with E-state index in [9.17, 15) is 0 Å². The van der Waals surface area contributed by atoms with Crippen molar-refractivity contribution in [1.29, 1.82) is 0 Å². The van der Waals surface area contributed by atoms with Crippen molar-refractivity contribution >= 4 is 27.3 Å². The Hall–Kier alpha value is -0.780. The SMILES string of the molecule is Brc1ccc2c(c1)N(CCCN1CCNCC1)CCN2. The third kappa shape index (κ3) is 3.45. The molecule has 0 unspecified atom stereocenters. The lowest BCUT2D eigenvalue weighted by molar-refractivity contribution is 0.239. The molecular formula is C15H23BrN4.